The second-order valence-electron chi connectivity index (χ2n) is 5.65. The maximum Gasteiger partial charge on any atom is 0.271 e. The average Bonchev–Trinajstić information content (AvgIpc) is 3.12. The average molecular weight is 402 g/mol. The van der Waals surface area contributed by atoms with Gasteiger partial charge in [0.25, 0.3) is 10.0 Å². The second kappa shape index (κ2) is 8.24. The van der Waals surface area contributed by atoms with Crippen LogP contribution >= 0.6 is 11.3 Å². The molecule has 0 radical (unpaired) electrons. The van der Waals surface area contributed by atoms with Gasteiger partial charge < -0.3 is 10.1 Å². The van der Waals surface area contributed by atoms with Crippen molar-refractivity contribution < 1.29 is 17.9 Å². The predicted molar refractivity (Wildman–Crippen MR) is 106 cm³/mol. The fourth-order valence-electron chi connectivity index (χ4n) is 2.26. The Kier molecular flexibility index (Phi) is 5.78. The molecule has 0 atom stereocenters. The summed E-state index contributed by atoms with van der Waals surface area (Å²) in [5.74, 6) is 0.845. The zero-order valence-corrected chi connectivity index (χ0v) is 16.1. The predicted octanol–water partition coefficient (Wildman–Crippen LogP) is 3.98. The largest absolute Gasteiger partial charge is 0.455 e. The lowest BCUT2D eigenvalue weighted by Gasteiger charge is -2.12. The molecule has 8 heteroatoms. The normalized spacial score (nSPS) is 11.0. The second-order valence-corrected chi connectivity index (χ2v) is 8.72. The van der Waals surface area contributed by atoms with E-state index in [1.165, 1.54) is 13.0 Å². The number of ether oxygens (including phenoxy) is 1. The van der Waals surface area contributed by atoms with Crippen molar-refractivity contribution in [2.45, 2.75) is 17.7 Å². The first-order valence-electron chi connectivity index (χ1n) is 8.12. The lowest BCUT2D eigenvalue weighted by atomic mass is 10.3. The Morgan fingerprint density at radius 1 is 1.00 bits per heavy atom. The van der Waals surface area contributed by atoms with Crippen LogP contribution in [0.15, 0.2) is 70.9 Å². The maximum absolute atomic E-state index is 12.7. The number of sulfonamides is 1. The van der Waals surface area contributed by atoms with E-state index in [0.29, 0.717) is 23.7 Å². The molecule has 3 rings (SSSR count). The maximum atomic E-state index is 12.7. The van der Waals surface area contributed by atoms with Crippen molar-refractivity contribution in [1.82, 2.24) is 5.32 Å². The number of nitrogens with one attached hydrogen (secondary N) is 2. The molecule has 0 aliphatic rings. The van der Waals surface area contributed by atoms with Gasteiger partial charge in [0.1, 0.15) is 9.96 Å². The van der Waals surface area contributed by atoms with Crippen molar-refractivity contribution >= 4 is 33.0 Å². The SMILES string of the molecule is CC(=O)NCc1ccc(S(=O)(=O)Nc2ccccc2Oc2ccccc2)s1. The quantitative estimate of drug-likeness (QED) is 0.626. The molecule has 0 aliphatic heterocycles. The molecule has 140 valence electrons. The van der Waals surface area contributed by atoms with E-state index >= 15 is 0 Å². The molecule has 0 fully saturated rings. The molecular formula is C19H18N2O4S2. The van der Waals surface area contributed by atoms with E-state index in [1.807, 2.05) is 18.2 Å². The van der Waals surface area contributed by atoms with Crippen LogP contribution in [0.4, 0.5) is 5.69 Å². The van der Waals surface area contributed by atoms with E-state index < -0.39 is 10.0 Å². The van der Waals surface area contributed by atoms with Crippen LogP contribution in [-0.2, 0) is 21.4 Å². The highest BCUT2D eigenvalue weighted by Gasteiger charge is 2.19. The highest BCUT2D eigenvalue weighted by molar-refractivity contribution is 7.94. The molecule has 1 aromatic heterocycles. The standard InChI is InChI=1S/C19H18N2O4S2/c1-14(22)20-13-16-11-12-19(26-16)27(23,24)21-17-9-5-6-10-18(17)25-15-7-3-2-4-8-15/h2-12,21H,13H2,1H3,(H,20,22). The van der Waals surface area contributed by atoms with Crippen LogP contribution < -0.4 is 14.8 Å². The number of hydrogen-bond acceptors (Lipinski definition) is 5. The van der Waals surface area contributed by atoms with Gasteiger partial charge in [-0.3, -0.25) is 9.52 Å². The zero-order valence-electron chi connectivity index (χ0n) is 14.5. The summed E-state index contributed by atoms with van der Waals surface area (Å²) in [5, 5.41) is 2.65. The van der Waals surface area contributed by atoms with E-state index in [2.05, 4.69) is 10.0 Å². The minimum absolute atomic E-state index is 0.164. The van der Waals surface area contributed by atoms with E-state index in [4.69, 9.17) is 4.74 Å². The number of amides is 1. The van der Waals surface area contributed by atoms with E-state index in [1.54, 1.807) is 42.5 Å². The number of rotatable bonds is 7. The molecule has 0 unspecified atom stereocenters. The number of carbonyl (C=O) groups is 1. The molecule has 1 heterocycles. The summed E-state index contributed by atoms with van der Waals surface area (Å²) in [6.07, 6.45) is 0. The molecule has 27 heavy (non-hydrogen) atoms. The van der Waals surface area contributed by atoms with Gasteiger partial charge in [0.2, 0.25) is 5.91 Å². The van der Waals surface area contributed by atoms with Crippen molar-refractivity contribution in [2.24, 2.45) is 0 Å². The summed E-state index contributed by atoms with van der Waals surface area (Å²) in [7, 11) is -3.77. The van der Waals surface area contributed by atoms with E-state index in [0.717, 1.165) is 16.2 Å². The van der Waals surface area contributed by atoms with Gasteiger partial charge in [0, 0.05) is 11.8 Å². The highest BCUT2D eigenvalue weighted by Crippen LogP contribution is 2.32. The topological polar surface area (TPSA) is 84.5 Å². The van der Waals surface area contributed by atoms with Crippen LogP contribution in [-0.4, -0.2) is 14.3 Å². The first kappa shape index (κ1) is 18.9. The van der Waals surface area contributed by atoms with Crippen LogP contribution in [0.3, 0.4) is 0 Å². The Morgan fingerprint density at radius 2 is 1.70 bits per heavy atom. The third-order valence-corrected chi connectivity index (χ3v) is 6.46. The minimum Gasteiger partial charge on any atom is -0.455 e. The Balaban J connectivity index is 1.79. The Morgan fingerprint density at radius 3 is 2.44 bits per heavy atom. The third-order valence-electron chi connectivity index (χ3n) is 3.52. The molecule has 0 bridgehead atoms. The molecule has 0 spiro atoms. The van der Waals surface area contributed by atoms with Crippen LogP contribution in [0.1, 0.15) is 11.8 Å². The molecular weight excluding hydrogens is 384 g/mol. The fourth-order valence-corrected chi connectivity index (χ4v) is 4.63. The molecule has 3 aromatic rings. The Labute approximate surface area is 161 Å². The van der Waals surface area contributed by atoms with Crippen molar-refractivity contribution in [3.63, 3.8) is 0 Å². The summed E-state index contributed by atoms with van der Waals surface area (Å²) in [5.41, 5.74) is 0.346. The summed E-state index contributed by atoms with van der Waals surface area (Å²) >= 11 is 1.10. The monoisotopic (exact) mass is 402 g/mol. The molecule has 0 aliphatic carbocycles. The van der Waals surface area contributed by atoms with Crippen molar-refractivity contribution in [1.29, 1.82) is 0 Å². The first-order valence-corrected chi connectivity index (χ1v) is 10.4. The number of benzene rings is 2. The Hall–Kier alpha value is -2.84. The van der Waals surface area contributed by atoms with Gasteiger partial charge in [-0.2, -0.15) is 0 Å². The van der Waals surface area contributed by atoms with Crippen molar-refractivity contribution in [2.75, 3.05) is 4.72 Å². The fraction of sp³-hybridized carbons (Fsp3) is 0.105. The molecule has 6 nitrogen and oxygen atoms in total. The van der Waals surface area contributed by atoms with Gasteiger partial charge in [-0.1, -0.05) is 30.3 Å². The number of anilines is 1. The smallest absolute Gasteiger partial charge is 0.271 e. The minimum atomic E-state index is -3.77. The number of hydrogen-bond donors (Lipinski definition) is 2. The van der Waals surface area contributed by atoms with Crippen molar-refractivity contribution in [3.8, 4) is 11.5 Å². The van der Waals surface area contributed by atoms with Crippen LogP contribution in [0, 0.1) is 0 Å². The molecule has 1 amide bonds. The van der Waals surface area contributed by atoms with E-state index in [9.17, 15) is 13.2 Å². The summed E-state index contributed by atoms with van der Waals surface area (Å²) in [6.45, 7) is 1.71. The molecule has 0 saturated heterocycles. The van der Waals surface area contributed by atoms with Gasteiger partial charge in [-0.15, -0.1) is 11.3 Å². The lowest BCUT2D eigenvalue weighted by molar-refractivity contribution is -0.119. The van der Waals surface area contributed by atoms with Gasteiger partial charge in [0.05, 0.1) is 12.2 Å². The number of carbonyl (C=O) groups excluding carboxylic acids is 1. The summed E-state index contributed by atoms with van der Waals surface area (Å²) in [4.78, 5) is 11.7. The van der Waals surface area contributed by atoms with E-state index in [-0.39, 0.29) is 10.1 Å². The lowest BCUT2D eigenvalue weighted by Crippen LogP contribution is -2.18. The Bertz CT molecular complexity index is 1030. The number of para-hydroxylation sites is 3. The van der Waals surface area contributed by atoms with Gasteiger partial charge in [-0.05, 0) is 36.4 Å². The summed E-state index contributed by atoms with van der Waals surface area (Å²) < 4.78 is 34.0. The van der Waals surface area contributed by atoms with Crippen LogP contribution in [0.2, 0.25) is 0 Å². The molecule has 2 N–H and O–H groups in total. The first-order chi connectivity index (χ1) is 12.9. The van der Waals surface area contributed by atoms with Gasteiger partial charge in [-0.25, -0.2) is 8.42 Å². The zero-order chi connectivity index (χ0) is 19.3. The highest BCUT2D eigenvalue weighted by atomic mass is 32.2. The van der Waals surface area contributed by atoms with Crippen molar-refractivity contribution in [3.05, 3.63) is 71.6 Å². The molecule has 2 aromatic carbocycles. The number of thiophene rings is 1. The summed E-state index contributed by atoms with van der Waals surface area (Å²) in [6, 6.07) is 19.2. The van der Waals surface area contributed by atoms with Gasteiger partial charge in [0.15, 0.2) is 5.75 Å². The van der Waals surface area contributed by atoms with Gasteiger partial charge >= 0.3 is 0 Å². The third kappa shape index (κ3) is 5.08. The molecule has 0 saturated carbocycles. The van der Waals surface area contributed by atoms with Crippen LogP contribution in [0.5, 0.6) is 11.5 Å². The van der Waals surface area contributed by atoms with Crippen LogP contribution in [0.25, 0.3) is 0 Å².